The summed E-state index contributed by atoms with van der Waals surface area (Å²) >= 11 is 10.8. The minimum atomic E-state index is -0.434. The van der Waals surface area contributed by atoms with Gasteiger partial charge in [0.2, 0.25) is 0 Å². The van der Waals surface area contributed by atoms with Crippen LogP contribution in [0.15, 0.2) is 18.2 Å². The number of anilines is 1. The van der Waals surface area contributed by atoms with Crippen molar-refractivity contribution < 1.29 is 4.39 Å². The molecule has 5 heteroatoms. The molecule has 2 nitrogen and oxygen atoms in total. The second kappa shape index (κ2) is 6.77. The number of thiocarbonyl (C=S) groups is 1. The maximum Gasteiger partial charge on any atom is 0.170 e. The van der Waals surface area contributed by atoms with Gasteiger partial charge in [0.1, 0.15) is 5.82 Å². The average Bonchev–Trinajstić information content (AvgIpc) is 2.23. The minimum Gasteiger partial charge on any atom is -0.362 e. The summed E-state index contributed by atoms with van der Waals surface area (Å²) in [6, 6.07) is 4.41. The van der Waals surface area contributed by atoms with Gasteiger partial charge in [-0.05, 0) is 42.8 Å². The van der Waals surface area contributed by atoms with Crippen LogP contribution in [0, 0.1) is 11.7 Å². The smallest absolute Gasteiger partial charge is 0.170 e. The van der Waals surface area contributed by atoms with E-state index in [9.17, 15) is 4.39 Å². The van der Waals surface area contributed by atoms with Crippen LogP contribution in [0.25, 0.3) is 0 Å². The molecule has 0 radical (unpaired) electrons. The normalized spacial score (nSPS) is 10.4. The number of benzene rings is 1. The second-order valence-electron chi connectivity index (χ2n) is 4.19. The zero-order valence-corrected chi connectivity index (χ0v) is 11.5. The molecule has 0 spiro atoms. The highest BCUT2D eigenvalue weighted by molar-refractivity contribution is 7.80. The van der Waals surface area contributed by atoms with Crippen LogP contribution in [-0.4, -0.2) is 11.7 Å². The molecule has 0 fully saturated rings. The molecule has 0 heterocycles. The van der Waals surface area contributed by atoms with E-state index < -0.39 is 5.82 Å². The first-order chi connectivity index (χ1) is 7.99. The van der Waals surface area contributed by atoms with Gasteiger partial charge >= 0.3 is 0 Å². The molecule has 0 saturated carbocycles. The van der Waals surface area contributed by atoms with Gasteiger partial charge in [-0.2, -0.15) is 0 Å². The molecule has 0 aliphatic heterocycles. The van der Waals surface area contributed by atoms with Crippen molar-refractivity contribution in [3.05, 3.63) is 29.0 Å². The van der Waals surface area contributed by atoms with Gasteiger partial charge in [0, 0.05) is 12.2 Å². The molecule has 0 atom stereocenters. The molecule has 0 aliphatic rings. The van der Waals surface area contributed by atoms with Crippen LogP contribution < -0.4 is 10.6 Å². The van der Waals surface area contributed by atoms with E-state index >= 15 is 0 Å². The lowest BCUT2D eigenvalue weighted by atomic mass is 10.1. The molecule has 94 valence electrons. The Hall–Kier alpha value is -0.870. The first-order valence-electron chi connectivity index (χ1n) is 5.49. The Balaban J connectivity index is 2.42. The fraction of sp³-hybridized carbons (Fsp3) is 0.417. The van der Waals surface area contributed by atoms with Gasteiger partial charge in [-0.1, -0.05) is 25.4 Å². The summed E-state index contributed by atoms with van der Waals surface area (Å²) in [5, 5.41) is 6.64. The summed E-state index contributed by atoms with van der Waals surface area (Å²) in [5.41, 5.74) is 0.679. The Morgan fingerprint density at radius 1 is 1.47 bits per heavy atom. The molecular weight excluding hydrogens is 259 g/mol. The Kier molecular flexibility index (Phi) is 5.65. The van der Waals surface area contributed by atoms with Gasteiger partial charge < -0.3 is 10.6 Å². The predicted molar refractivity (Wildman–Crippen MR) is 75.1 cm³/mol. The van der Waals surface area contributed by atoms with Crippen LogP contribution in [0.3, 0.4) is 0 Å². The third-order valence-corrected chi connectivity index (χ3v) is 2.72. The number of rotatable bonds is 4. The van der Waals surface area contributed by atoms with Crippen molar-refractivity contribution in [3.63, 3.8) is 0 Å². The molecule has 2 N–H and O–H groups in total. The zero-order chi connectivity index (χ0) is 12.8. The van der Waals surface area contributed by atoms with E-state index in [2.05, 4.69) is 24.5 Å². The van der Waals surface area contributed by atoms with Crippen LogP contribution in [0.2, 0.25) is 5.02 Å². The standard InChI is InChI=1S/C12H16ClFN2S/c1-8(2)5-6-15-12(17)16-9-3-4-11(14)10(13)7-9/h3-4,7-8H,5-6H2,1-2H3,(H2,15,16,17). The van der Waals surface area contributed by atoms with Crippen molar-refractivity contribution in [1.29, 1.82) is 0 Å². The Morgan fingerprint density at radius 2 is 2.18 bits per heavy atom. The Labute approximate surface area is 112 Å². The maximum atomic E-state index is 12.9. The summed E-state index contributed by atoms with van der Waals surface area (Å²) in [5.74, 6) is 0.196. The van der Waals surface area contributed by atoms with E-state index in [0.29, 0.717) is 16.7 Å². The highest BCUT2D eigenvalue weighted by Gasteiger charge is 2.02. The lowest BCUT2D eigenvalue weighted by Gasteiger charge is -2.11. The van der Waals surface area contributed by atoms with Crippen LogP contribution in [0.1, 0.15) is 20.3 Å². The summed E-state index contributed by atoms with van der Waals surface area (Å²) in [6.45, 7) is 5.12. The molecule has 17 heavy (non-hydrogen) atoms. The first kappa shape index (κ1) is 14.2. The topological polar surface area (TPSA) is 24.1 Å². The van der Waals surface area contributed by atoms with Gasteiger partial charge in [-0.15, -0.1) is 0 Å². The van der Waals surface area contributed by atoms with Crippen LogP contribution in [0.5, 0.6) is 0 Å². The summed E-state index contributed by atoms with van der Waals surface area (Å²) in [6.07, 6.45) is 1.05. The number of hydrogen-bond donors (Lipinski definition) is 2. The summed E-state index contributed by atoms with van der Waals surface area (Å²) in [4.78, 5) is 0. The van der Waals surface area contributed by atoms with Crippen molar-refractivity contribution in [3.8, 4) is 0 Å². The second-order valence-corrected chi connectivity index (χ2v) is 5.01. The summed E-state index contributed by atoms with van der Waals surface area (Å²) < 4.78 is 12.9. The average molecular weight is 275 g/mol. The molecule has 0 unspecified atom stereocenters. The fourth-order valence-electron chi connectivity index (χ4n) is 1.22. The lowest BCUT2D eigenvalue weighted by molar-refractivity contribution is 0.579. The van der Waals surface area contributed by atoms with E-state index in [1.807, 2.05) is 0 Å². The van der Waals surface area contributed by atoms with E-state index in [0.717, 1.165) is 13.0 Å². The van der Waals surface area contributed by atoms with Crippen molar-refractivity contribution in [1.82, 2.24) is 5.32 Å². The van der Waals surface area contributed by atoms with Crippen LogP contribution in [0.4, 0.5) is 10.1 Å². The van der Waals surface area contributed by atoms with Gasteiger partial charge in [-0.25, -0.2) is 4.39 Å². The van der Waals surface area contributed by atoms with Gasteiger partial charge in [-0.3, -0.25) is 0 Å². The number of nitrogens with one attached hydrogen (secondary N) is 2. The Morgan fingerprint density at radius 3 is 2.76 bits per heavy atom. The quantitative estimate of drug-likeness (QED) is 0.817. The third-order valence-electron chi connectivity index (χ3n) is 2.18. The molecule has 0 aromatic heterocycles. The van der Waals surface area contributed by atoms with E-state index in [1.165, 1.54) is 12.1 Å². The van der Waals surface area contributed by atoms with E-state index in [4.69, 9.17) is 23.8 Å². The summed E-state index contributed by atoms with van der Waals surface area (Å²) in [7, 11) is 0. The molecule has 1 rings (SSSR count). The Bertz CT molecular complexity index is 396. The number of halogens is 2. The lowest BCUT2D eigenvalue weighted by Crippen LogP contribution is -2.29. The van der Waals surface area contributed by atoms with Gasteiger partial charge in [0.25, 0.3) is 0 Å². The number of hydrogen-bond acceptors (Lipinski definition) is 1. The molecule has 1 aromatic carbocycles. The minimum absolute atomic E-state index is 0.0833. The molecule has 1 aromatic rings. The highest BCUT2D eigenvalue weighted by atomic mass is 35.5. The van der Waals surface area contributed by atoms with Crippen molar-refractivity contribution in [2.24, 2.45) is 5.92 Å². The molecule has 0 aliphatic carbocycles. The van der Waals surface area contributed by atoms with E-state index in [1.54, 1.807) is 6.07 Å². The maximum absolute atomic E-state index is 12.9. The van der Waals surface area contributed by atoms with Crippen LogP contribution in [-0.2, 0) is 0 Å². The molecule has 0 saturated heterocycles. The van der Waals surface area contributed by atoms with Crippen LogP contribution >= 0.6 is 23.8 Å². The zero-order valence-electron chi connectivity index (χ0n) is 9.89. The SMILES string of the molecule is CC(C)CCNC(=S)Nc1ccc(F)c(Cl)c1. The van der Waals surface area contributed by atoms with Crippen molar-refractivity contribution in [2.45, 2.75) is 20.3 Å². The monoisotopic (exact) mass is 274 g/mol. The predicted octanol–water partition coefficient (Wildman–Crippen LogP) is 3.81. The van der Waals surface area contributed by atoms with E-state index in [-0.39, 0.29) is 5.02 Å². The van der Waals surface area contributed by atoms with Gasteiger partial charge in [0.05, 0.1) is 5.02 Å². The highest BCUT2D eigenvalue weighted by Crippen LogP contribution is 2.19. The molecule has 0 bridgehead atoms. The molecular formula is C12H16ClFN2S. The van der Waals surface area contributed by atoms with Crippen molar-refractivity contribution >= 4 is 34.6 Å². The van der Waals surface area contributed by atoms with Gasteiger partial charge in [0.15, 0.2) is 5.11 Å². The first-order valence-corrected chi connectivity index (χ1v) is 6.27. The fourth-order valence-corrected chi connectivity index (χ4v) is 1.62. The third kappa shape index (κ3) is 5.33. The largest absolute Gasteiger partial charge is 0.362 e. The molecule has 0 amide bonds. The van der Waals surface area contributed by atoms with Crippen molar-refractivity contribution in [2.75, 3.05) is 11.9 Å².